The van der Waals surface area contributed by atoms with Crippen LogP contribution in [0.2, 0.25) is 0 Å². The predicted molar refractivity (Wildman–Crippen MR) is 188 cm³/mol. The maximum Gasteiger partial charge on any atom is 0.306 e. The van der Waals surface area contributed by atoms with Gasteiger partial charge in [0, 0.05) is 30.1 Å². The molecule has 0 bridgehead atoms. The fourth-order valence-electron chi connectivity index (χ4n) is 4.83. The molecule has 1 aliphatic rings. The Morgan fingerprint density at radius 3 is 2.25 bits per heavy atom. The normalized spacial score (nSPS) is 14.9. The lowest BCUT2D eigenvalue weighted by Crippen LogP contribution is -2.43. The van der Waals surface area contributed by atoms with Crippen LogP contribution < -0.4 is 19.5 Å². The van der Waals surface area contributed by atoms with Crippen molar-refractivity contribution in [1.29, 1.82) is 0 Å². The number of rotatable bonds is 21. The minimum atomic E-state index is -0.967. The van der Waals surface area contributed by atoms with E-state index in [-0.39, 0.29) is 77.1 Å². The van der Waals surface area contributed by atoms with Gasteiger partial charge in [-0.15, -0.1) is 20.2 Å². The Morgan fingerprint density at radius 1 is 0.902 bits per heavy atom. The largest absolute Gasteiger partial charge is 0.493 e. The molecule has 0 radical (unpaired) electrons. The second-order valence-corrected chi connectivity index (χ2v) is 10.8. The van der Waals surface area contributed by atoms with E-state index >= 15 is 0 Å². The summed E-state index contributed by atoms with van der Waals surface area (Å²) in [5.74, 6) is 0.471. The van der Waals surface area contributed by atoms with Crippen molar-refractivity contribution in [3.05, 3.63) is 92.6 Å². The number of carbonyl (C=O) groups excluding carboxylic acids is 2. The molecule has 0 spiro atoms. The average Bonchev–Trinajstić information content (AvgIpc) is 3.21. The number of nitrogens with one attached hydrogen (secondary N) is 1. The molecule has 2 aromatic carbocycles. The van der Waals surface area contributed by atoms with E-state index in [1.807, 2.05) is 57.2 Å². The summed E-state index contributed by atoms with van der Waals surface area (Å²) in [6.45, 7) is 5.35. The number of para-hydroxylation sites is 2. The molecule has 1 amide bonds. The fourth-order valence-corrected chi connectivity index (χ4v) is 4.83. The number of amides is 1. The molecule has 280 valence electrons. The van der Waals surface area contributed by atoms with Gasteiger partial charge >= 0.3 is 5.97 Å². The molecule has 51 heavy (non-hydrogen) atoms. The van der Waals surface area contributed by atoms with Crippen LogP contribution in [0.15, 0.2) is 66.8 Å². The molecule has 2 unspecified atom stereocenters. The van der Waals surface area contributed by atoms with Crippen LogP contribution >= 0.6 is 0 Å². The highest BCUT2D eigenvalue weighted by molar-refractivity contribution is 5.76. The van der Waals surface area contributed by atoms with Crippen LogP contribution in [0.1, 0.15) is 52.0 Å². The van der Waals surface area contributed by atoms with Gasteiger partial charge in [0.15, 0.2) is 17.6 Å². The molecule has 0 aliphatic carbocycles. The van der Waals surface area contributed by atoms with Crippen LogP contribution in [0.5, 0.6) is 17.2 Å². The highest BCUT2D eigenvalue weighted by Gasteiger charge is 2.24. The number of carbonyl (C=O) groups is 2. The summed E-state index contributed by atoms with van der Waals surface area (Å²) >= 11 is 0. The van der Waals surface area contributed by atoms with Gasteiger partial charge in [-0.2, -0.15) is 0 Å². The number of ether oxygens (including phenoxy) is 4. The first kappa shape index (κ1) is 41.6. The summed E-state index contributed by atoms with van der Waals surface area (Å²) in [5, 5.41) is 22.6. The van der Waals surface area contributed by atoms with E-state index in [9.17, 15) is 29.8 Å². The van der Waals surface area contributed by atoms with E-state index in [0.717, 1.165) is 11.3 Å². The van der Waals surface area contributed by atoms with Gasteiger partial charge in [0.2, 0.25) is 5.91 Å². The summed E-state index contributed by atoms with van der Waals surface area (Å²) in [5.41, 5.74) is 1.77. The van der Waals surface area contributed by atoms with Crippen molar-refractivity contribution in [1.82, 2.24) is 4.90 Å². The molecule has 0 aromatic heterocycles. The lowest BCUT2D eigenvalue weighted by atomic mass is 10.1. The van der Waals surface area contributed by atoms with Crippen molar-refractivity contribution in [2.24, 2.45) is 0 Å². The monoisotopic (exact) mass is 716 g/mol. The van der Waals surface area contributed by atoms with Crippen molar-refractivity contribution < 1.29 is 48.4 Å². The third-order valence-electron chi connectivity index (χ3n) is 7.13. The van der Waals surface area contributed by atoms with E-state index in [0.29, 0.717) is 23.7 Å². The number of hydrogen-bond donors (Lipinski definition) is 1. The Kier molecular flexibility index (Phi) is 19.4. The summed E-state index contributed by atoms with van der Waals surface area (Å²) in [6, 6.07) is 12.7. The first-order valence-corrected chi connectivity index (χ1v) is 16.8. The van der Waals surface area contributed by atoms with Crippen LogP contribution in [0.4, 0.5) is 5.69 Å². The molecular formula is C35H48N4O12. The minimum Gasteiger partial charge on any atom is -0.493 e. The maximum absolute atomic E-state index is 13.4. The van der Waals surface area contributed by atoms with Crippen molar-refractivity contribution in [3.63, 3.8) is 0 Å². The first-order valence-electron chi connectivity index (χ1n) is 16.8. The average molecular weight is 717 g/mol. The Bertz CT molecular complexity index is 1450. The second-order valence-electron chi connectivity index (χ2n) is 10.8. The third-order valence-corrected chi connectivity index (χ3v) is 7.13. The Labute approximate surface area is 297 Å². The molecule has 3 rings (SSSR count). The zero-order valence-corrected chi connectivity index (χ0v) is 29.5. The number of nitrogens with zero attached hydrogens (tertiary/aromatic N) is 3. The molecule has 1 aliphatic heterocycles. The van der Waals surface area contributed by atoms with E-state index in [1.54, 1.807) is 30.3 Å². The standard InChI is InChI=1S/C33H42N4O12.C2H6/c1-25-11-4-3-5-12-27-28(34-25)13-8-16-29(27)46-24-26(49-33(39)18-10-21-48-37(42)43)23-35(32(38)17-9-20-47-36(40)41)19-22-45-31-15-7-6-14-30(31)44-2;1-2/h3-8,11,13-16,25-26,34H,9-10,12,17-24H2,1-2H3;1-2H3/b5-3-,11-4-;. The highest BCUT2D eigenvalue weighted by Crippen LogP contribution is 2.29. The molecular weight excluding hydrogens is 668 g/mol. The molecule has 2 atom stereocenters. The van der Waals surface area contributed by atoms with E-state index < -0.39 is 22.2 Å². The van der Waals surface area contributed by atoms with Crippen LogP contribution in [0.25, 0.3) is 0 Å². The Hall–Kier alpha value is -5.54. The zero-order valence-electron chi connectivity index (χ0n) is 29.5. The minimum absolute atomic E-state index is 0.0373. The van der Waals surface area contributed by atoms with Crippen molar-refractivity contribution in [2.45, 2.75) is 65.0 Å². The Balaban J connectivity index is 0.00000442. The first-order chi connectivity index (χ1) is 24.7. The summed E-state index contributed by atoms with van der Waals surface area (Å²) < 4.78 is 23.2. The van der Waals surface area contributed by atoms with Gasteiger partial charge in [-0.3, -0.25) is 9.59 Å². The quantitative estimate of drug-likeness (QED) is 0.0752. The predicted octanol–water partition coefficient (Wildman–Crippen LogP) is 5.37. The van der Waals surface area contributed by atoms with Crippen molar-refractivity contribution in [3.8, 4) is 17.2 Å². The number of anilines is 1. The molecule has 16 nitrogen and oxygen atoms in total. The van der Waals surface area contributed by atoms with Crippen molar-refractivity contribution in [2.75, 3.05) is 51.9 Å². The number of allylic oxidation sites excluding steroid dienone is 3. The lowest BCUT2D eigenvalue weighted by molar-refractivity contribution is -0.757. The molecule has 2 aromatic rings. The number of methoxy groups -OCH3 is 1. The van der Waals surface area contributed by atoms with Crippen LogP contribution in [-0.2, 0) is 30.4 Å². The van der Waals surface area contributed by atoms with Gasteiger partial charge in [0.25, 0.3) is 10.2 Å². The van der Waals surface area contributed by atoms with Gasteiger partial charge in [-0.25, -0.2) is 0 Å². The van der Waals surface area contributed by atoms with Gasteiger partial charge < -0.3 is 38.8 Å². The molecule has 16 heteroatoms. The van der Waals surface area contributed by atoms with E-state index in [1.165, 1.54) is 12.0 Å². The van der Waals surface area contributed by atoms with E-state index in [2.05, 4.69) is 15.0 Å². The highest BCUT2D eigenvalue weighted by atomic mass is 17.0. The second kappa shape index (κ2) is 23.8. The molecule has 0 saturated heterocycles. The zero-order chi connectivity index (χ0) is 37.4. The van der Waals surface area contributed by atoms with Crippen LogP contribution in [0.3, 0.4) is 0 Å². The van der Waals surface area contributed by atoms with E-state index in [4.69, 9.17) is 18.9 Å². The Morgan fingerprint density at radius 2 is 1.57 bits per heavy atom. The smallest absolute Gasteiger partial charge is 0.306 e. The number of hydrogen-bond acceptors (Lipinski definition) is 13. The number of fused-ring (bicyclic) bond motifs is 1. The molecule has 0 fully saturated rings. The van der Waals surface area contributed by atoms with Gasteiger partial charge in [0.05, 0.1) is 33.4 Å². The van der Waals surface area contributed by atoms with Crippen LogP contribution in [-0.4, -0.2) is 85.7 Å². The van der Waals surface area contributed by atoms with Gasteiger partial charge in [-0.1, -0.05) is 56.4 Å². The molecule has 0 saturated carbocycles. The van der Waals surface area contributed by atoms with Crippen LogP contribution in [0, 0.1) is 20.2 Å². The number of benzene rings is 2. The van der Waals surface area contributed by atoms with Crippen molar-refractivity contribution >= 4 is 17.6 Å². The lowest BCUT2D eigenvalue weighted by Gasteiger charge is -2.28. The number of esters is 1. The summed E-state index contributed by atoms with van der Waals surface area (Å²) in [7, 11) is 1.51. The fraction of sp³-hybridized carbons (Fsp3) is 0.486. The summed E-state index contributed by atoms with van der Waals surface area (Å²) in [6.07, 6.45) is 7.38. The SMILES string of the molecule is CC.COc1ccccc1OCCN(CC(COc1cccc2c1C/C=C\C=C/C(C)N2)OC(=O)CCCO[N+](=O)[O-])C(=O)CCCO[N+](=O)[O-]. The van der Waals surface area contributed by atoms with Gasteiger partial charge in [-0.05, 0) is 50.5 Å². The maximum atomic E-state index is 13.4. The summed E-state index contributed by atoms with van der Waals surface area (Å²) in [4.78, 5) is 57.4. The molecule has 1 N–H and O–H groups in total. The molecule has 1 heterocycles. The van der Waals surface area contributed by atoms with Gasteiger partial charge in [0.1, 0.15) is 19.0 Å². The third kappa shape index (κ3) is 16.1. The topological polar surface area (TPSA) is 191 Å².